The normalized spacial score (nSPS) is 15.8. The molecule has 0 saturated carbocycles. The highest BCUT2D eigenvalue weighted by Crippen LogP contribution is 2.35. The van der Waals surface area contributed by atoms with Gasteiger partial charge < -0.3 is 10.6 Å². The van der Waals surface area contributed by atoms with Crippen LogP contribution < -0.4 is 10.6 Å². The van der Waals surface area contributed by atoms with Gasteiger partial charge in [0.05, 0.1) is 0 Å². The Bertz CT molecular complexity index is 599. The molecular formula is C18H20N2OS. The largest absolute Gasteiger partial charge is 0.354 e. The molecular weight excluding hydrogens is 292 g/mol. The number of benzene rings is 2. The molecule has 2 aromatic rings. The van der Waals surface area contributed by atoms with Crippen molar-refractivity contribution in [2.45, 2.75) is 10.1 Å². The Morgan fingerprint density at radius 3 is 2.32 bits per heavy atom. The highest BCUT2D eigenvalue weighted by Gasteiger charge is 2.24. The summed E-state index contributed by atoms with van der Waals surface area (Å²) in [6.45, 7) is 2.76. The predicted octanol–water partition coefficient (Wildman–Crippen LogP) is 2.86. The first-order valence-corrected chi connectivity index (χ1v) is 8.46. The Balaban J connectivity index is 1.71. The first kappa shape index (κ1) is 15.1. The average Bonchev–Trinajstić information content (AvgIpc) is 2.53. The Kier molecular flexibility index (Phi) is 5.14. The van der Waals surface area contributed by atoms with Gasteiger partial charge in [-0.1, -0.05) is 48.5 Å². The summed E-state index contributed by atoms with van der Waals surface area (Å²) in [7, 11) is 0. The van der Waals surface area contributed by atoms with E-state index in [4.69, 9.17) is 0 Å². The summed E-state index contributed by atoms with van der Waals surface area (Å²) in [5.74, 6) is 0.661. The number of nitrogens with one attached hydrogen (secondary N) is 2. The van der Waals surface area contributed by atoms with Crippen LogP contribution in [-0.2, 0) is 4.79 Å². The lowest BCUT2D eigenvalue weighted by Crippen LogP contribution is -2.48. The van der Waals surface area contributed by atoms with Crippen molar-refractivity contribution >= 4 is 17.7 Å². The van der Waals surface area contributed by atoms with Gasteiger partial charge in [0.1, 0.15) is 5.25 Å². The van der Waals surface area contributed by atoms with Crippen molar-refractivity contribution in [3.8, 4) is 0 Å². The molecule has 3 nitrogen and oxygen atoms in total. The van der Waals surface area contributed by atoms with Crippen molar-refractivity contribution in [3.05, 3.63) is 66.2 Å². The van der Waals surface area contributed by atoms with Crippen molar-refractivity contribution in [3.63, 3.8) is 0 Å². The second-order valence-electron chi connectivity index (χ2n) is 5.49. The second-order valence-corrected chi connectivity index (χ2v) is 6.67. The maximum absolute atomic E-state index is 12.6. The third-order valence-electron chi connectivity index (χ3n) is 3.77. The predicted molar refractivity (Wildman–Crippen MR) is 90.9 cm³/mol. The van der Waals surface area contributed by atoms with Gasteiger partial charge in [-0.25, -0.2) is 0 Å². The van der Waals surface area contributed by atoms with Gasteiger partial charge in [-0.05, 0) is 17.7 Å². The lowest BCUT2D eigenvalue weighted by molar-refractivity contribution is -0.120. The molecule has 22 heavy (non-hydrogen) atoms. The third kappa shape index (κ3) is 3.90. The fourth-order valence-corrected chi connectivity index (χ4v) is 3.44. The van der Waals surface area contributed by atoms with Crippen LogP contribution in [-0.4, -0.2) is 25.5 Å². The molecule has 4 heteroatoms. The van der Waals surface area contributed by atoms with Crippen molar-refractivity contribution < 1.29 is 4.79 Å². The molecule has 2 aromatic carbocycles. The molecule has 1 fully saturated rings. The molecule has 1 unspecified atom stereocenters. The molecule has 0 radical (unpaired) electrons. The summed E-state index contributed by atoms with van der Waals surface area (Å²) in [5, 5.41) is 6.12. The molecule has 1 atom stereocenters. The number of amides is 1. The van der Waals surface area contributed by atoms with Gasteiger partial charge in [0, 0.05) is 30.4 Å². The van der Waals surface area contributed by atoms with Crippen LogP contribution in [0.4, 0.5) is 0 Å². The van der Waals surface area contributed by atoms with Crippen LogP contribution in [0, 0.1) is 5.92 Å². The Morgan fingerprint density at radius 2 is 1.73 bits per heavy atom. The summed E-state index contributed by atoms with van der Waals surface area (Å²) in [6, 6.07) is 20.1. The zero-order chi connectivity index (χ0) is 15.2. The van der Waals surface area contributed by atoms with Gasteiger partial charge in [-0.3, -0.25) is 4.79 Å². The summed E-state index contributed by atoms with van der Waals surface area (Å²) < 4.78 is 0. The average molecular weight is 312 g/mol. The van der Waals surface area contributed by atoms with E-state index in [1.807, 2.05) is 60.7 Å². The fraction of sp³-hybridized carbons (Fsp3) is 0.278. The molecule has 0 bridgehead atoms. The van der Waals surface area contributed by atoms with Gasteiger partial charge in [-0.15, -0.1) is 11.8 Å². The zero-order valence-corrected chi connectivity index (χ0v) is 13.2. The van der Waals surface area contributed by atoms with Crippen molar-refractivity contribution in [1.29, 1.82) is 0 Å². The van der Waals surface area contributed by atoms with E-state index in [-0.39, 0.29) is 11.2 Å². The zero-order valence-electron chi connectivity index (χ0n) is 12.4. The number of thioether (sulfide) groups is 1. The van der Waals surface area contributed by atoms with Crippen LogP contribution in [0.3, 0.4) is 0 Å². The van der Waals surface area contributed by atoms with Crippen LogP contribution in [0.1, 0.15) is 10.8 Å². The van der Waals surface area contributed by atoms with E-state index in [1.165, 1.54) is 0 Å². The molecule has 1 aliphatic heterocycles. The lowest BCUT2D eigenvalue weighted by atomic mass is 10.0. The Labute approximate surface area is 135 Å². The lowest BCUT2D eigenvalue weighted by Gasteiger charge is -2.28. The number of carbonyl (C=O) groups excluding carboxylic acids is 1. The summed E-state index contributed by atoms with van der Waals surface area (Å²) >= 11 is 1.60. The quantitative estimate of drug-likeness (QED) is 0.806. The number of hydrogen-bond acceptors (Lipinski definition) is 3. The molecule has 1 amide bonds. The minimum Gasteiger partial charge on any atom is -0.354 e. The molecule has 1 heterocycles. The van der Waals surface area contributed by atoms with E-state index in [0.29, 0.717) is 5.92 Å². The Hall–Kier alpha value is -1.78. The molecule has 0 aromatic heterocycles. The van der Waals surface area contributed by atoms with Crippen molar-refractivity contribution in [2.75, 3.05) is 19.6 Å². The molecule has 0 spiro atoms. The molecule has 3 rings (SSSR count). The molecule has 2 N–H and O–H groups in total. The standard InChI is InChI=1S/C18H20N2OS/c21-18(20-13-14-11-19-12-14)17(15-7-3-1-4-8-15)22-16-9-5-2-6-10-16/h1-10,14,17,19H,11-13H2,(H,20,21). The minimum atomic E-state index is -0.211. The van der Waals surface area contributed by atoms with E-state index in [0.717, 1.165) is 30.1 Å². The highest BCUT2D eigenvalue weighted by atomic mass is 32.2. The number of carbonyl (C=O) groups is 1. The topological polar surface area (TPSA) is 41.1 Å². The summed E-state index contributed by atoms with van der Waals surface area (Å²) in [4.78, 5) is 13.7. The van der Waals surface area contributed by atoms with Crippen LogP contribution in [0.2, 0.25) is 0 Å². The van der Waals surface area contributed by atoms with E-state index < -0.39 is 0 Å². The van der Waals surface area contributed by atoms with E-state index in [1.54, 1.807) is 11.8 Å². The van der Waals surface area contributed by atoms with Crippen LogP contribution in [0.15, 0.2) is 65.6 Å². The monoisotopic (exact) mass is 312 g/mol. The van der Waals surface area contributed by atoms with Gasteiger partial charge in [0.15, 0.2) is 0 Å². The molecule has 1 aliphatic rings. The second kappa shape index (κ2) is 7.47. The third-order valence-corrected chi connectivity index (χ3v) is 5.03. The number of hydrogen-bond donors (Lipinski definition) is 2. The van der Waals surface area contributed by atoms with Gasteiger partial charge in [0.2, 0.25) is 5.91 Å². The van der Waals surface area contributed by atoms with Gasteiger partial charge in [0.25, 0.3) is 0 Å². The van der Waals surface area contributed by atoms with E-state index >= 15 is 0 Å². The minimum absolute atomic E-state index is 0.0898. The fourth-order valence-electron chi connectivity index (χ4n) is 2.37. The van der Waals surface area contributed by atoms with E-state index in [2.05, 4.69) is 10.6 Å². The summed E-state index contributed by atoms with van der Waals surface area (Å²) in [6.07, 6.45) is 0. The highest BCUT2D eigenvalue weighted by molar-refractivity contribution is 8.00. The maximum atomic E-state index is 12.6. The van der Waals surface area contributed by atoms with Gasteiger partial charge in [-0.2, -0.15) is 0 Å². The van der Waals surface area contributed by atoms with Crippen molar-refractivity contribution in [2.24, 2.45) is 5.92 Å². The maximum Gasteiger partial charge on any atom is 0.238 e. The summed E-state index contributed by atoms with van der Waals surface area (Å²) in [5.41, 5.74) is 1.04. The number of rotatable bonds is 6. The molecule has 0 aliphatic carbocycles. The van der Waals surface area contributed by atoms with Crippen LogP contribution in [0.25, 0.3) is 0 Å². The van der Waals surface area contributed by atoms with E-state index in [9.17, 15) is 4.79 Å². The van der Waals surface area contributed by atoms with Crippen molar-refractivity contribution in [1.82, 2.24) is 10.6 Å². The smallest absolute Gasteiger partial charge is 0.238 e. The Morgan fingerprint density at radius 1 is 1.09 bits per heavy atom. The first-order valence-electron chi connectivity index (χ1n) is 7.58. The van der Waals surface area contributed by atoms with Crippen LogP contribution >= 0.6 is 11.8 Å². The molecule has 114 valence electrons. The van der Waals surface area contributed by atoms with Crippen LogP contribution in [0.5, 0.6) is 0 Å². The SMILES string of the molecule is O=C(NCC1CNC1)C(Sc1ccccc1)c1ccccc1. The molecule has 1 saturated heterocycles. The van der Waals surface area contributed by atoms with Gasteiger partial charge >= 0.3 is 0 Å². The first-order chi connectivity index (χ1) is 10.8.